The smallest absolute Gasteiger partial charge is 0.118 e. The second-order valence-electron chi connectivity index (χ2n) is 5.73. The van der Waals surface area contributed by atoms with Gasteiger partial charge in [0.05, 0.1) is 13.1 Å². The molecule has 4 nitrogen and oxygen atoms in total. The summed E-state index contributed by atoms with van der Waals surface area (Å²) in [6.07, 6.45) is 2.55. The van der Waals surface area contributed by atoms with E-state index in [2.05, 4.69) is 48.1 Å². The first-order chi connectivity index (χ1) is 9.72. The molecular weight excluding hydrogens is 250 g/mol. The average molecular weight is 279 g/mol. The molecule has 2 heterocycles. The van der Waals surface area contributed by atoms with Crippen molar-refractivity contribution >= 4 is 0 Å². The van der Waals surface area contributed by atoms with Crippen molar-refractivity contribution in [2.75, 3.05) is 33.2 Å². The molecule has 0 aromatic carbocycles. The van der Waals surface area contributed by atoms with Gasteiger partial charge in [-0.15, -0.1) is 0 Å². The van der Waals surface area contributed by atoms with Crippen LogP contribution < -0.4 is 5.32 Å². The van der Waals surface area contributed by atoms with Gasteiger partial charge in [0.1, 0.15) is 11.5 Å². The molecule has 4 heteroatoms. The molecule has 0 saturated carbocycles. The molecule has 2 rings (SSSR count). The minimum Gasteiger partial charge on any atom is -0.463 e. The van der Waals surface area contributed by atoms with Crippen LogP contribution in [0.5, 0.6) is 0 Å². The van der Waals surface area contributed by atoms with Crippen molar-refractivity contribution in [3.05, 3.63) is 23.7 Å². The van der Waals surface area contributed by atoms with Gasteiger partial charge >= 0.3 is 0 Å². The van der Waals surface area contributed by atoms with Crippen LogP contribution in [-0.4, -0.2) is 49.1 Å². The Morgan fingerprint density at radius 2 is 1.95 bits per heavy atom. The normalized spacial score (nSPS) is 18.0. The van der Waals surface area contributed by atoms with Gasteiger partial charge in [-0.05, 0) is 58.2 Å². The molecule has 1 fully saturated rings. The molecule has 1 N–H and O–H groups in total. The zero-order valence-corrected chi connectivity index (χ0v) is 13.2. The number of rotatable bonds is 7. The summed E-state index contributed by atoms with van der Waals surface area (Å²) in [4.78, 5) is 4.98. The highest BCUT2D eigenvalue weighted by Gasteiger charge is 2.22. The molecule has 0 amide bonds. The predicted molar refractivity (Wildman–Crippen MR) is 82.7 cm³/mol. The lowest BCUT2D eigenvalue weighted by atomic mass is 10.0. The third-order valence-electron chi connectivity index (χ3n) is 4.30. The molecule has 0 unspecified atom stereocenters. The van der Waals surface area contributed by atoms with E-state index in [9.17, 15) is 0 Å². The Bertz CT molecular complexity index is 383. The summed E-state index contributed by atoms with van der Waals surface area (Å²) in [5.74, 6) is 2.12. The van der Waals surface area contributed by atoms with Gasteiger partial charge in [-0.3, -0.25) is 4.90 Å². The molecule has 1 aromatic heterocycles. The van der Waals surface area contributed by atoms with Crippen LogP contribution in [0.15, 0.2) is 16.5 Å². The summed E-state index contributed by atoms with van der Waals surface area (Å²) >= 11 is 0. The zero-order chi connectivity index (χ0) is 14.4. The molecule has 0 atom stereocenters. The number of piperidine rings is 1. The first kappa shape index (κ1) is 15.5. The second-order valence-corrected chi connectivity index (χ2v) is 5.73. The highest BCUT2D eigenvalue weighted by Crippen LogP contribution is 2.18. The van der Waals surface area contributed by atoms with Gasteiger partial charge in [-0.25, -0.2) is 0 Å². The Hall–Kier alpha value is -0.840. The largest absolute Gasteiger partial charge is 0.463 e. The van der Waals surface area contributed by atoms with Crippen LogP contribution in [0.1, 0.15) is 38.2 Å². The highest BCUT2D eigenvalue weighted by atomic mass is 16.3. The molecule has 1 saturated heterocycles. The number of nitrogens with zero attached hydrogens (tertiary/aromatic N) is 2. The lowest BCUT2D eigenvalue weighted by Gasteiger charge is -2.35. The molecule has 1 aliphatic rings. The molecule has 0 bridgehead atoms. The van der Waals surface area contributed by atoms with Crippen molar-refractivity contribution in [1.82, 2.24) is 15.1 Å². The Morgan fingerprint density at radius 1 is 1.25 bits per heavy atom. The molecule has 1 aliphatic heterocycles. The average Bonchev–Trinajstić information content (AvgIpc) is 2.92. The fourth-order valence-electron chi connectivity index (χ4n) is 2.90. The Kier molecular flexibility index (Phi) is 6.07. The van der Waals surface area contributed by atoms with Crippen LogP contribution in [0.4, 0.5) is 0 Å². The minimum absolute atomic E-state index is 0.695. The van der Waals surface area contributed by atoms with Crippen molar-refractivity contribution in [2.24, 2.45) is 0 Å². The molecule has 0 spiro atoms. The molecule has 0 radical (unpaired) electrons. The number of hydrogen-bond donors (Lipinski definition) is 1. The van der Waals surface area contributed by atoms with Crippen LogP contribution in [0.3, 0.4) is 0 Å². The van der Waals surface area contributed by atoms with Gasteiger partial charge in [0.15, 0.2) is 0 Å². The number of hydrogen-bond acceptors (Lipinski definition) is 4. The van der Waals surface area contributed by atoms with Gasteiger partial charge in [-0.1, -0.05) is 13.8 Å². The number of furan rings is 1. The van der Waals surface area contributed by atoms with E-state index in [1.165, 1.54) is 32.5 Å². The monoisotopic (exact) mass is 279 g/mol. The third-order valence-corrected chi connectivity index (χ3v) is 4.30. The van der Waals surface area contributed by atoms with Gasteiger partial charge in [-0.2, -0.15) is 0 Å². The Labute approximate surface area is 123 Å². The summed E-state index contributed by atoms with van der Waals surface area (Å²) in [5, 5.41) is 3.29. The van der Waals surface area contributed by atoms with Crippen LogP contribution in [0.2, 0.25) is 0 Å². The summed E-state index contributed by atoms with van der Waals surface area (Å²) < 4.78 is 5.87. The van der Waals surface area contributed by atoms with E-state index in [-0.39, 0.29) is 0 Å². The fraction of sp³-hybridized carbons (Fsp3) is 0.750. The van der Waals surface area contributed by atoms with E-state index in [0.717, 1.165) is 31.2 Å². The first-order valence-corrected chi connectivity index (χ1v) is 7.93. The maximum atomic E-state index is 5.87. The molecular formula is C16H29N3O. The van der Waals surface area contributed by atoms with Crippen LogP contribution in [-0.2, 0) is 13.1 Å². The third kappa shape index (κ3) is 4.33. The zero-order valence-electron chi connectivity index (χ0n) is 13.2. The topological polar surface area (TPSA) is 31.6 Å². The summed E-state index contributed by atoms with van der Waals surface area (Å²) in [6, 6.07) is 4.90. The number of nitrogens with one attached hydrogen (secondary N) is 1. The predicted octanol–water partition coefficient (Wildman–Crippen LogP) is 2.31. The maximum Gasteiger partial charge on any atom is 0.118 e. The van der Waals surface area contributed by atoms with E-state index in [4.69, 9.17) is 4.42 Å². The van der Waals surface area contributed by atoms with Gasteiger partial charge < -0.3 is 14.6 Å². The first-order valence-electron chi connectivity index (χ1n) is 7.93. The quantitative estimate of drug-likeness (QED) is 0.830. The molecule has 114 valence electrons. The Morgan fingerprint density at radius 3 is 2.60 bits per heavy atom. The van der Waals surface area contributed by atoms with E-state index < -0.39 is 0 Å². The number of likely N-dealkylation sites (tertiary alicyclic amines) is 1. The fourth-order valence-corrected chi connectivity index (χ4v) is 2.90. The van der Waals surface area contributed by atoms with Gasteiger partial charge in [0, 0.05) is 6.04 Å². The second kappa shape index (κ2) is 7.81. The molecule has 20 heavy (non-hydrogen) atoms. The Balaban J connectivity index is 1.79. The molecule has 0 aliphatic carbocycles. The van der Waals surface area contributed by atoms with Crippen molar-refractivity contribution < 1.29 is 4.42 Å². The SMILES string of the molecule is CCNCc1ccc(CN(C)C2CCN(CC)CC2)o1. The maximum absolute atomic E-state index is 5.87. The lowest BCUT2D eigenvalue weighted by Crippen LogP contribution is -2.42. The van der Waals surface area contributed by atoms with E-state index >= 15 is 0 Å². The van der Waals surface area contributed by atoms with Crippen molar-refractivity contribution in [3.63, 3.8) is 0 Å². The molecule has 1 aromatic rings. The highest BCUT2D eigenvalue weighted by molar-refractivity contribution is 5.07. The lowest BCUT2D eigenvalue weighted by molar-refractivity contribution is 0.121. The van der Waals surface area contributed by atoms with Gasteiger partial charge in [0.2, 0.25) is 0 Å². The van der Waals surface area contributed by atoms with E-state index in [1.54, 1.807) is 0 Å². The van der Waals surface area contributed by atoms with Crippen LogP contribution in [0.25, 0.3) is 0 Å². The van der Waals surface area contributed by atoms with E-state index in [1.807, 2.05) is 0 Å². The summed E-state index contributed by atoms with van der Waals surface area (Å²) in [6.45, 7) is 10.7. The van der Waals surface area contributed by atoms with Gasteiger partial charge in [0.25, 0.3) is 0 Å². The van der Waals surface area contributed by atoms with Crippen LogP contribution in [0, 0.1) is 0 Å². The van der Waals surface area contributed by atoms with Crippen molar-refractivity contribution in [2.45, 2.75) is 45.8 Å². The summed E-state index contributed by atoms with van der Waals surface area (Å²) in [5.41, 5.74) is 0. The minimum atomic E-state index is 0.695. The standard InChI is InChI=1S/C16H29N3O/c1-4-17-12-15-6-7-16(20-15)13-18(3)14-8-10-19(5-2)11-9-14/h6-7,14,17H,4-5,8-13H2,1-3H3. The van der Waals surface area contributed by atoms with Crippen molar-refractivity contribution in [1.29, 1.82) is 0 Å². The van der Waals surface area contributed by atoms with Crippen LogP contribution >= 0.6 is 0 Å². The van der Waals surface area contributed by atoms with E-state index in [0.29, 0.717) is 6.04 Å². The van der Waals surface area contributed by atoms with Crippen molar-refractivity contribution in [3.8, 4) is 0 Å². The summed E-state index contributed by atoms with van der Waals surface area (Å²) in [7, 11) is 2.22.